The first-order valence-electron chi connectivity index (χ1n) is 6.32. The van der Waals surface area contributed by atoms with Gasteiger partial charge in [0, 0.05) is 25.5 Å². The molecule has 0 spiro atoms. The number of carbonyl (C=O) groups is 1. The van der Waals surface area contributed by atoms with Crippen LogP contribution in [0.1, 0.15) is 23.7 Å². The van der Waals surface area contributed by atoms with Crippen LogP contribution in [0.3, 0.4) is 0 Å². The number of hydrogen-bond acceptors (Lipinski definition) is 4. The zero-order valence-corrected chi connectivity index (χ0v) is 11.2. The quantitative estimate of drug-likeness (QED) is 0.900. The molecule has 19 heavy (non-hydrogen) atoms. The van der Waals surface area contributed by atoms with E-state index in [0.29, 0.717) is 17.6 Å². The van der Waals surface area contributed by atoms with E-state index >= 15 is 0 Å². The first-order valence-corrected chi connectivity index (χ1v) is 6.32. The Morgan fingerprint density at radius 1 is 1.37 bits per heavy atom. The maximum atomic E-state index is 12.5. The summed E-state index contributed by atoms with van der Waals surface area (Å²) in [7, 11) is 1.79. The lowest BCUT2D eigenvalue weighted by Crippen LogP contribution is -2.36. The van der Waals surface area contributed by atoms with E-state index in [2.05, 4.69) is 9.97 Å². The van der Waals surface area contributed by atoms with Crippen molar-refractivity contribution in [2.45, 2.75) is 19.4 Å². The van der Waals surface area contributed by atoms with Crippen molar-refractivity contribution in [1.29, 1.82) is 0 Å². The molecule has 0 aliphatic carbocycles. The van der Waals surface area contributed by atoms with Gasteiger partial charge in [-0.15, -0.1) is 0 Å². The van der Waals surface area contributed by atoms with Crippen LogP contribution < -0.4 is 5.73 Å². The van der Waals surface area contributed by atoms with Gasteiger partial charge in [0.15, 0.2) is 0 Å². The van der Waals surface area contributed by atoms with Gasteiger partial charge in [-0.2, -0.15) is 0 Å². The summed E-state index contributed by atoms with van der Waals surface area (Å²) >= 11 is 0. The van der Waals surface area contributed by atoms with Crippen molar-refractivity contribution in [1.82, 2.24) is 14.9 Å². The summed E-state index contributed by atoms with van der Waals surface area (Å²) in [6, 6.07) is 5.56. The molecule has 0 aliphatic heterocycles. The monoisotopic (exact) mass is 258 g/mol. The lowest BCUT2D eigenvalue weighted by atomic mass is 10.1. The van der Waals surface area contributed by atoms with E-state index in [4.69, 9.17) is 5.73 Å². The topological polar surface area (TPSA) is 72.1 Å². The van der Waals surface area contributed by atoms with E-state index in [9.17, 15) is 4.79 Å². The van der Waals surface area contributed by atoms with E-state index in [-0.39, 0.29) is 11.9 Å². The third kappa shape index (κ3) is 2.71. The van der Waals surface area contributed by atoms with Gasteiger partial charge in [0.05, 0.1) is 11.1 Å². The van der Waals surface area contributed by atoms with Crippen molar-refractivity contribution >= 4 is 16.9 Å². The number of hydrogen-bond donors (Lipinski definition) is 1. The Labute approximate surface area is 112 Å². The van der Waals surface area contributed by atoms with Crippen LogP contribution in [0.25, 0.3) is 11.0 Å². The Balaban J connectivity index is 2.36. The lowest BCUT2D eigenvalue weighted by molar-refractivity contribution is 0.0741. The van der Waals surface area contributed by atoms with Crippen LogP contribution in [0.2, 0.25) is 0 Å². The van der Waals surface area contributed by atoms with Crippen molar-refractivity contribution < 1.29 is 4.79 Å². The molecule has 5 heteroatoms. The van der Waals surface area contributed by atoms with Gasteiger partial charge in [0.2, 0.25) is 0 Å². The average molecular weight is 258 g/mol. The number of carbonyl (C=O) groups excluding carboxylic acids is 1. The highest BCUT2D eigenvalue weighted by atomic mass is 16.2. The van der Waals surface area contributed by atoms with Crippen LogP contribution in [0, 0.1) is 0 Å². The van der Waals surface area contributed by atoms with E-state index < -0.39 is 0 Å². The molecule has 0 fully saturated rings. The minimum atomic E-state index is -0.0490. The van der Waals surface area contributed by atoms with Gasteiger partial charge in [-0.25, -0.2) is 0 Å². The molecule has 2 rings (SSSR count). The van der Waals surface area contributed by atoms with E-state index in [1.54, 1.807) is 30.4 Å². The molecular weight excluding hydrogens is 240 g/mol. The Morgan fingerprint density at radius 3 is 2.84 bits per heavy atom. The minimum absolute atomic E-state index is 0.0490. The second kappa shape index (κ2) is 5.75. The van der Waals surface area contributed by atoms with Gasteiger partial charge in [-0.05, 0) is 32.0 Å². The van der Waals surface area contributed by atoms with Gasteiger partial charge >= 0.3 is 0 Å². The molecule has 2 N–H and O–H groups in total. The molecule has 2 aromatic rings. The van der Waals surface area contributed by atoms with Gasteiger partial charge in [-0.1, -0.05) is 6.07 Å². The molecule has 0 bridgehead atoms. The van der Waals surface area contributed by atoms with E-state index in [1.165, 1.54) is 0 Å². The highest BCUT2D eigenvalue weighted by Gasteiger charge is 2.19. The van der Waals surface area contributed by atoms with Crippen LogP contribution in [-0.2, 0) is 0 Å². The van der Waals surface area contributed by atoms with Crippen molar-refractivity contribution in [3.63, 3.8) is 0 Å². The molecule has 1 aromatic heterocycles. The Morgan fingerprint density at radius 2 is 2.11 bits per heavy atom. The highest BCUT2D eigenvalue weighted by Crippen LogP contribution is 2.16. The lowest BCUT2D eigenvalue weighted by Gasteiger charge is -2.24. The average Bonchev–Trinajstić information content (AvgIpc) is 2.45. The fraction of sp³-hybridized carbons (Fsp3) is 0.357. The number of aromatic nitrogens is 2. The summed E-state index contributed by atoms with van der Waals surface area (Å²) in [5.41, 5.74) is 7.49. The van der Waals surface area contributed by atoms with E-state index in [1.807, 2.05) is 19.1 Å². The summed E-state index contributed by atoms with van der Waals surface area (Å²) in [4.78, 5) is 22.7. The van der Waals surface area contributed by atoms with Gasteiger partial charge < -0.3 is 10.6 Å². The number of rotatable bonds is 4. The highest BCUT2D eigenvalue weighted by molar-refractivity contribution is 6.04. The molecule has 1 aromatic carbocycles. The molecule has 1 unspecified atom stereocenters. The van der Waals surface area contributed by atoms with Crippen LogP contribution in [0.5, 0.6) is 0 Å². The number of para-hydroxylation sites is 1. The number of amides is 1. The molecule has 5 nitrogen and oxygen atoms in total. The number of benzene rings is 1. The Hall–Kier alpha value is -2.01. The zero-order valence-electron chi connectivity index (χ0n) is 11.2. The molecule has 1 atom stereocenters. The second-order valence-electron chi connectivity index (χ2n) is 4.57. The van der Waals surface area contributed by atoms with E-state index in [0.717, 1.165) is 11.9 Å². The second-order valence-corrected chi connectivity index (χ2v) is 4.57. The maximum Gasteiger partial charge on any atom is 0.256 e. The molecule has 0 saturated carbocycles. The fourth-order valence-corrected chi connectivity index (χ4v) is 1.99. The first kappa shape index (κ1) is 13.4. The third-order valence-electron chi connectivity index (χ3n) is 3.30. The zero-order chi connectivity index (χ0) is 13.8. The molecule has 0 radical (unpaired) electrons. The van der Waals surface area contributed by atoms with Crippen LogP contribution in [-0.4, -0.2) is 40.4 Å². The van der Waals surface area contributed by atoms with Crippen LogP contribution >= 0.6 is 0 Å². The predicted molar refractivity (Wildman–Crippen MR) is 74.8 cm³/mol. The van der Waals surface area contributed by atoms with Crippen molar-refractivity contribution in [3.05, 3.63) is 36.2 Å². The minimum Gasteiger partial charge on any atom is -0.339 e. The normalized spacial score (nSPS) is 12.4. The first-order chi connectivity index (χ1) is 9.15. The molecule has 100 valence electrons. The summed E-state index contributed by atoms with van der Waals surface area (Å²) in [5.74, 6) is -0.0490. The number of nitrogens with zero attached hydrogens (tertiary/aromatic N) is 3. The Kier molecular flexibility index (Phi) is 4.06. The SMILES string of the molecule is CC(CCN)N(C)C(=O)c1cccc2nccnc12. The van der Waals surface area contributed by atoms with Gasteiger partial charge in [0.25, 0.3) is 5.91 Å². The van der Waals surface area contributed by atoms with Gasteiger partial charge in [-0.3, -0.25) is 14.8 Å². The molecule has 0 aliphatic rings. The fourth-order valence-electron chi connectivity index (χ4n) is 1.99. The summed E-state index contributed by atoms with van der Waals surface area (Å²) in [6.45, 7) is 2.55. The summed E-state index contributed by atoms with van der Waals surface area (Å²) in [5, 5.41) is 0. The van der Waals surface area contributed by atoms with Crippen LogP contribution in [0.4, 0.5) is 0 Å². The van der Waals surface area contributed by atoms with Crippen molar-refractivity contribution in [3.8, 4) is 0 Å². The standard InChI is InChI=1S/C14H18N4O/c1-10(6-7-15)18(2)14(19)11-4-3-5-12-13(11)17-9-8-16-12/h3-5,8-10H,6-7,15H2,1-2H3. The Bertz CT molecular complexity index is 579. The van der Waals surface area contributed by atoms with Crippen molar-refractivity contribution in [2.24, 2.45) is 5.73 Å². The summed E-state index contributed by atoms with van der Waals surface area (Å²) in [6.07, 6.45) is 4.00. The molecule has 1 amide bonds. The van der Waals surface area contributed by atoms with Crippen LogP contribution in [0.15, 0.2) is 30.6 Å². The summed E-state index contributed by atoms with van der Waals surface area (Å²) < 4.78 is 0. The number of fused-ring (bicyclic) bond motifs is 1. The molecule has 0 saturated heterocycles. The third-order valence-corrected chi connectivity index (χ3v) is 3.30. The maximum absolute atomic E-state index is 12.5. The molecule has 1 heterocycles. The van der Waals surface area contributed by atoms with Crippen molar-refractivity contribution in [2.75, 3.05) is 13.6 Å². The number of nitrogens with two attached hydrogens (primary N) is 1. The smallest absolute Gasteiger partial charge is 0.256 e. The van der Waals surface area contributed by atoms with Gasteiger partial charge in [0.1, 0.15) is 5.52 Å². The molecular formula is C14H18N4O. The predicted octanol–water partition coefficient (Wildman–Crippen LogP) is 1.44. The largest absolute Gasteiger partial charge is 0.339 e.